The maximum absolute atomic E-state index is 13.3. The summed E-state index contributed by atoms with van der Waals surface area (Å²) < 4.78 is 18.6. The third-order valence-electron chi connectivity index (χ3n) is 2.43. The van der Waals surface area contributed by atoms with Crippen molar-refractivity contribution in [1.29, 1.82) is 0 Å². The molecule has 2 rings (SSSR count). The highest BCUT2D eigenvalue weighted by atomic mass is 19.1. The second-order valence-corrected chi connectivity index (χ2v) is 3.84. The minimum absolute atomic E-state index is 0.0908. The molecule has 0 atom stereocenters. The largest absolute Gasteiger partial charge is 0.436 e. The van der Waals surface area contributed by atoms with Gasteiger partial charge < -0.3 is 4.74 Å². The van der Waals surface area contributed by atoms with Crippen molar-refractivity contribution >= 4 is 0 Å². The van der Waals surface area contributed by atoms with E-state index in [2.05, 4.69) is 4.98 Å². The van der Waals surface area contributed by atoms with Crippen LogP contribution in [0, 0.1) is 15.9 Å². The second-order valence-electron chi connectivity index (χ2n) is 3.84. The minimum atomic E-state index is -0.471. The lowest BCUT2D eigenvalue weighted by atomic mass is 10.2. The van der Waals surface area contributed by atoms with Gasteiger partial charge in [0.25, 0.3) is 0 Å². The number of ether oxygens (including phenoxy) is 1. The molecule has 0 unspecified atom stereocenters. The number of nitro groups is 1. The summed E-state index contributed by atoms with van der Waals surface area (Å²) >= 11 is 0. The zero-order chi connectivity index (χ0) is 13.7. The Balaban J connectivity index is 2.03. The Morgan fingerprint density at radius 3 is 2.68 bits per heavy atom. The van der Waals surface area contributed by atoms with Crippen molar-refractivity contribution in [3.05, 3.63) is 64.1 Å². The lowest BCUT2D eigenvalue weighted by molar-refractivity contribution is -0.479. The zero-order valence-electron chi connectivity index (χ0n) is 9.95. The number of hydrogen-bond donors (Lipinski definition) is 0. The van der Waals surface area contributed by atoms with Gasteiger partial charge in [-0.25, -0.2) is 9.37 Å². The van der Waals surface area contributed by atoms with Crippen LogP contribution in [-0.2, 0) is 6.42 Å². The first-order valence-corrected chi connectivity index (χ1v) is 5.64. The molecule has 0 aliphatic carbocycles. The Hall–Kier alpha value is -2.50. The molecule has 0 aliphatic heterocycles. The van der Waals surface area contributed by atoms with Crippen molar-refractivity contribution in [2.75, 3.05) is 6.54 Å². The molecular weight excluding hydrogens is 251 g/mol. The molecule has 6 heteroatoms. The van der Waals surface area contributed by atoms with E-state index in [4.69, 9.17) is 4.74 Å². The number of para-hydroxylation sites is 1. The molecule has 1 heterocycles. The van der Waals surface area contributed by atoms with Gasteiger partial charge in [0.1, 0.15) is 0 Å². The van der Waals surface area contributed by atoms with Crippen LogP contribution in [0.2, 0.25) is 0 Å². The van der Waals surface area contributed by atoms with Gasteiger partial charge in [0.15, 0.2) is 11.6 Å². The molecule has 0 radical (unpaired) electrons. The molecule has 0 amide bonds. The number of nitrogens with zero attached hydrogens (tertiary/aromatic N) is 2. The second kappa shape index (κ2) is 5.90. The van der Waals surface area contributed by atoms with Gasteiger partial charge in [-0.3, -0.25) is 10.1 Å². The van der Waals surface area contributed by atoms with Crippen molar-refractivity contribution in [2.24, 2.45) is 0 Å². The number of benzene rings is 1. The monoisotopic (exact) mass is 262 g/mol. The number of aromatic nitrogens is 1. The summed E-state index contributed by atoms with van der Waals surface area (Å²) in [6, 6.07) is 9.24. The fourth-order valence-corrected chi connectivity index (χ4v) is 1.48. The van der Waals surface area contributed by atoms with E-state index in [1.54, 1.807) is 24.3 Å². The first kappa shape index (κ1) is 12.9. The Labute approximate surface area is 108 Å². The van der Waals surface area contributed by atoms with E-state index in [1.165, 1.54) is 18.3 Å². The highest BCUT2D eigenvalue weighted by Gasteiger charge is 2.05. The van der Waals surface area contributed by atoms with Gasteiger partial charge in [-0.05, 0) is 17.7 Å². The Morgan fingerprint density at radius 1 is 1.26 bits per heavy atom. The molecule has 0 spiro atoms. The quantitative estimate of drug-likeness (QED) is 0.614. The highest BCUT2D eigenvalue weighted by molar-refractivity contribution is 5.29. The topological polar surface area (TPSA) is 65.3 Å². The maximum atomic E-state index is 13.3. The lowest BCUT2D eigenvalue weighted by Crippen LogP contribution is -2.04. The Kier molecular flexibility index (Phi) is 4.02. The molecule has 19 heavy (non-hydrogen) atoms. The van der Waals surface area contributed by atoms with Crippen LogP contribution in [0.4, 0.5) is 4.39 Å². The third kappa shape index (κ3) is 3.74. The molecule has 5 nitrogen and oxygen atoms in total. The van der Waals surface area contributed by atoms with Crippen molar-refractivity contribution < 1.29 is 14.1 Å². The van der Waals surface area contributed by atoms with Crippen LogP contribution in [0.3, 0.4) is 0 Å². The number of halogens is 1. The SMILES string of the molecule is O=[N+]([O-])CCc1ccc(Oc2ccccc2F)nc1. The lowest BCUT2D eigenvalue weighted by Gasteiger charge is -2.05. The highest BCUT2D eigenvalue weighted by Crippen LogP contribution is 2.22. The number of rotatable bonds is 5. The molecule has 0 bridgehead atoms. The molecule has 2 aromatic rings. The average Bonchev–Trinajstić information content (AvgIpc) is 2.40. The predicted molar refractivity (Wildman–Crippen MR) is 66.3 cm³/mol. The summed E-state index contributed by atoms with van der Waals surface area (Å²) in [5.41, 5.74) is 0.734. The van der Waals surface area contributed by atoms with Crippen LogP contribution in [-0.4, -0.2) is 16.5 Å². The van der Waals surface area contributed by atoms with Crippen molar-refractivity contribution in [1.82, 2.24) is 4.98 Å². The smallest absolute Gasteiger partial charge is 0.219 e. The van der Waals surface area contributed by atoms with Crippen LogP contribution in [0.5, 0.6) is 11.6 Å². The van der Waals surface area contributed by atoms with Crippen LogP contribution in [0.1, 0.15) is 5.56 Å². The summed E-state index contributed by atoms with van der Waals surface area (Å²) in [5, 5.41) is 10.2. The normalized spacial score (nSPS) is 10.2. The van der Waals surface area contributed by atoms with Crippen molar-refractivity contribution in [3.8, 4) is 11.6 Å². The van der Waals surface area contributed by atoms with Gasteiger partial charge >= 0.3 is 0 Å². The maximum Gasteiger partial charge on any atom is 0.219 e. The molecule has 0 saturated carbocycles. The summed E-state index contributed by atoms with van der Waals surface area (Å²) in [6.07, 6.45) is 1.79. The van der Waals surface area contributed by atoms with Crippen LogP contribution in [0.25, 0.3) is 0 Å². The first-order chi connectivity index (χ1) is 9.15. The van der Waals surface area contributed by atoms with Crippen LogP contribution >= 0.6 is 0 Å². The van der Waals surface area contributed by atoms with Gasteiger partial charge in [0.2, 0.25) is 12.4 Å². The van der Waals surface area contributed by atoms with E-state index in [0.29, 0.717) is 6.42 Å². The number of pyridine rings is 1. The van der Waals surface area contributed by atoms with Crippen LogP contribution in [0.15, 0.2) is 42.6 Å². The molecule has 98 valence electrons. The molecule has 1 aromatic carbocycles. The standard InChI is InChI=1S/C13H11FN2O3/c14-11-3-1-2-4-12(11)19-13-6-5-10(9-15-13)7-8-16(17)18/h1-6,9H,7-8H2. The van der Waals surface area contributed by atoms with E-state index in [-0.39, 0.29) is 23.1 Å². The minimum Gasteiger partial charge on any atom is -0.436 e. The van der Waals surface area contributed by atoms with E-state index < -0.39 is 5.82 Å². The Morgan fingerprint density at radius 2 is 2.05 bits per heavy atom. The van der Waals surface area contributed by atoms with E-state index >= 15 is 0 Å². The number of hydrogen-bond acceptors (Lipinski definition) is 4. The first-order valence-electron chi connectivity index (χ1n) is 5.64. The van der Waals surface area contributed by atoms with Gasteiger partial charge in [0, 0.05) is 23.6 Å². The van der Waals surface area contributed by atoms with Gasteiger partial charge in [-0.2, -0.15) is 0 Å². The summed E-state index contributed by atoms with van der Waals surface area (Å²) in [7, 11) is 0. The van der Waals surface area contributed by atoms with Gasteiger partial charge in [0.05, 0.1) is 0 Å². The van der Waals surface area contributed by atoms with E-state index in [1.807, 2.05) is 0 Å². The molecule has 1 aromatic heterocycles. The molecule has 0 saturated heterocycles. The van der Waals surface area contributed by atoms with Crippen LogP contribution < -0.4 is 4.74 Å². The van der Waals surface area contributed by atoms with Crippen molar-refractivity contribution in [3.63, 3.8) is 0 Å². The summed E-state index contributed by atoms with van der Waals surface area (Å²) in [5.74, 6) is -0.135. The average molecular weight is 262 g/mol. The summed E-state index contributed by atoms with van der Waals surface area (Å²) in [6.45, 7) is -0.144. The third-order valence-corrected chi connectivity index (χ3v) is 2.43. The zero-order valence-corrected chi connectivity index (χ0v) is 9.95. The molecular formula is C13H11FN2O3. The van der Waals surface area contributed by atoms with Gasteiger partial charge in [-0.15, -0.1) is 0 Å². The molecule has 0 N–H and O–H groups in total. The molecule has 0 fully saturated rings. The molecule has 0 aliphatic rings. The fraction of sp³-hybridized carbons (Fsp3) is 0.154. The predicted octanol–water partition coefficient (Wildman–Crippen LogP) is 2.83. The van der Waals surface area contributed by atoms with E-state index in [9.17, 15) is 14.5 Å². The summed E-state index contributed by atoms with van der Waals surface area (Å²) in [4.78, 5) is 13.8. The van der Waals surface area contributed by atoms with E-state index in [0.717, 1.165) is 5.56 Å². The Bertz CT molecular complexity index is 572. The van der Waals surface area contributed by atoms with Crippen molar-refractivity contribution in [2.45, 2.75) is 6.42 Å². The van der Waals surface area contributed by atoms with Gasteiger partial charge in [-0.1, -0.05) is 18.2 Å². The fourth-order valence-electron chi connectivity index (χ4n) is 1.48.